The lowest BCUT2D eigenvalue weighted by Crippen LogP contribution is -2.09. The predicted octanol–water partition coefficient (Wildman–Crippen LogP) is 3.06. The first-order valence-electron chi connectivity index (χ1n) is 5.67. The fourth-order valence-corrected chi connectivity index (χ4v) is 3.54. The Morgan fingerprint density at radius 2 is 1.82 bits per heavy atom. The normalized spacial score (nSPS) is 12.1. The minimum atomic E-state index is -3.20. The van der Waals surface area contributed by atoms with E-state index in [1.165, 1.54) is 0 Å². The van der Waals surface area contributed by atoms with Gasteiger partial charge in [0.2, 0.25) is 0 Å². The van der Waals surface area contributed by atoms with Gasteiger partial charge in [0.15, 0.2) is 0 Å². The van der Waals surface area contributed by atoms with Gasteiger partial charge in [0.25, 0.3) is 0 Å². The Kier molecular flexibility index (Phi) is 3.67. The van der Waals surface area contributed by atoms with E-state index in [1.807, 2.05) is 24.3 Å². The molecule has 17 heavy (non-hydrogen) atoms. The fraction of sp³-hybridized carbons (Fsp3) is 0.333. The number of benzene rings is 1. The number of H-pyrrole nitrogens is 1. The van der Waals surface area contributed by atoms with Crippen LogP contribution in [0.3, 0.4) is 0 Å². The average molecular weight is 253 g/mol. The number of fused-ring (bicyclic) bond motifs is 1. The maximum Gasteiger partial charge on any atom is 0.363 e. The standard InChI is InChI=1S/C12H16NO3P/c1-3-15-17(14,16-4-2)12-9-13-11-8-6-5-7-10(11)12/h5-9,13H,3-4H2,1-2H3. The van der Waals surface area contributed by atoms with E-state index in [4.69, 9.17) is 9.05 Å². The van der Waals surface area contributed by atoms with Crippen molar-refractivity contribution in [3.05, 3.63) is 30.5 Å². The molecule has 5 heteroatoms. The fourth-order valence-electron chi connectivity index (χ4n) is 1.80. The third kappa shape index (κ3) is 2.29. The summed E-state index contributed by atoms with van der Waals surface area (Å²) < 4.78 is 23.3. The molecule has 0 aliphatic carbocycles. The Morgan fingerprint density at radius 3 is 2.47 bits per heavy atom. The lowest BCUT2D eigenvalue weighted by atomic mass is 10.2. The Hall–Kier alpha value is -1.09. The zero-order chi connectivity index (χ0) is 12.3. The predicted molar refractivity (Wildman–Crippen MR) is 68.8 cm³/mol. The zero-order valence-corrected chi connectivity index (χ0v) is 10.9. The van der Waals surface area contributed by atoms with Gasteiger partial charge >= 0.3 is 7.60 Å². The molecule has 0 aliphatic rings. The summed E-state index contributed by atoms with van der Waals surface area (Å²) in [6.07, 6.45) is 1.71. The van der Waals surface area contributed by atoms with Crippen LogP contribution in [-0.4, -0.2) is 18.2 Å². The highest BCUT2D eigenvalue weighted by molar-refractivity contribution is 7.62. The first-order valence-corrected chi connectivity index (χ1v) is 7.21. The number of aromatic nitrogens is 1. The monoisotopic (exact) mass is 253 g/mol. The number of aromatic amines is 1. The molecule has 92 valence electrons. The third-order valence-corrected chi connectivity index (χ3v) is 4.62. The van der Waals surface area contributed by atoms with Crippen LogP contribution in [0.4, 0.5) is 0 Å². The Labute approximate surface area is 100 Å². The Morgan fingerprint density at radius 1 is 1.18 bits per heavy atom. The SMILES string of the molecule is CCOP(=O)(OCC)c1c[nH]c2ccccc12. The van der Waals surface area contributed by atoms with Gasteiger partial charge in [-0.1, -0.05) is 18.2 Å². The summed E-state index contributed by atoms with van der Waals surface area (Å²) in [7, 11) is -3.20. The lowest BCUT2D eigenvalue weighted by molar-refractivity contribution is 0.230. The molecule has 1 heterocycles. The average Bonchev–Trinajstić information content (AvgIpc) is 2.74. The first-order chi connectivity index (χ1) is 8.21. The van der Waals surface area contributed by atoms with Gasteiger partial charge in [-0.15, -0.1) is 0 Å². The molecule has 0 unspecified atom stereocenters. The summed E-state index contributed by atoms with van der Waals surface area (Å²) in [6.45, 7) is 4.33. The maximum atomic E-state index is 12.6. The van der Waals surface area contributed by atoms with E-state index in [0.29, 0.717) is 18.5 Å². The summed E-state index contributed by atoms with van der Waals surface area (Å²) >= 11 is 0. The van der Waals surface area contributed by atoms with Gasteiger partial charge < -0.3 is 14.0 Å². The molecule has 0 saturated carbocycles. The number of hydrogen-bond donors (Lipinski definition) is 1. The molecular weight excluding hydrogens is 237 g/mol. The first kappa shape index (κ1) is 12.4. The topological polar surface area (TPSA) is 51.3 Å². The van der Waals surface area contributed by atoms with Gasteiger partial charge in [-0.05, 0) is 19.9 Å². The van der Waals surface area contributed by atoms with E-state index in [9.17, 15) is 4.57 Å². The highest BCUT2D eigenvalue weighted by atomic mass is 31.2. The van der Waals surface area contributed by atoms with E-state index in [2.05, 4.69) is 4.98 Å². The number of nitrogens with one attached hydrogen (secondary N) is 1. The van der Waals surface area contributed by atoms with Crippen LogP contribution in [0, 0.1) is 0 Å². The molecule has 1 aromatic carbocycles. The van der Waals surface area contributed by atoms with E-state index in [0.717, 1.165) is 10.9 Å². The van der Waals surface area contributed by atoms with Crippen molar-refractivity contribution in [2.75, 3.05) is 13.2 Å². The molecule has 1 aromatic heterocycles. The van der Waals surface area contributed by atoms with Crippen LogP contribution >= 0.6 is 7.60 Å². The molecule has 0 fully saturated rings. The molecule has 0 saturated heterocycles. The number of para-hydroxylation sites is 1. The Balaban J connectivity index is 2.52. The van der Waals surface area contributed by atoms with Gasteiger partial charge in [-0.2, -0.15) is 0 Å². The van der Waals surface area contributed by atoms with Gasteiger partial charge in [-0.3, -0.25) is 4.57 Å². The van der Waals surface area contributed by atoms with Crippen molar-refractivity contribution >= 4 is 23.8 Å². The quantitative estimate of drug-likeness (QED) is 0.833. The third-order valence-electron chi connectivity index (χ3n) is 2.46. The van der Waals surface area contributed by atoms with Crippen molar-refractivity contribution in [1.82, 2.24) is 4.98 Å². The molecule has 0 bridgehead atoms. The summed E-state index contributed by atoms with van der Waals surface area (Å²) in [6, 6.07) is 7.67. The summed E-state index contributed by atoms with van der Waals surface area (Å²) in [5.74, 6) is 0. The summed E-state index contributed by atoms with van der Waals surface area (Å²) in [4.78, 5) is 3.08. The van der Waals surface area contributed by atoms with E-state index in [1.54, 1.807) is 20.0 Å². The van der Waals surface area contributed by atoms with Crippen LogP contribution in [0.25, 0.3) is 10.9 Å². The highest BCUT2D eigenvalue weighted by Gasteiger charge is 2.29. The molecule has 1 N–H and O–H groups in total. The van der Waals surface area contributed by atoms with Crippen LogP contribution in [-0.2, 0) is 13.6 Å². The van der Waals surface area contributed by atoms with Gasteiger partial charge in [0.05, 0.1) is 18.5 Å². The second-order valence-corrected chi connectivity index (χ2v) is 5.55. The molecule has 0 aliphatic heterocycles. The van der Waals surface area contributed by atoms with Crippen LogP contribution in [0.1, 0.15) is 13.8 Å². The zero-order valence-electron chi connectivity index (χ0n) is 9.97. The van der Waals surface area contributed by atoms with Crippen molar-refractivity contribution in [2.45, 2.75) is 13.8 Å². The number of rotatable bonds is 5. The minimum Gasteiger partial charge on any atom is -0.360 e. The second-order valence-electron chi connectivity index (χ2n) is 3.55. The smallest absolute Gasteiger partial charge is 0.360 e. The van der Waals surface area contributed by atoms with Crippen molar-refractivity contribution in [1.29, 1.82) is 0 Å². The van der Waals surface area contributed by atoms with Gasteiger partial charge in [0.1, 0.15) is 0 Å². The van der Waals surface area contributed by atoms with Crippen molar-refractivity contribution in [2.24, 2.45) is 0 Å². The van der Waals surface area contributed by atoms with E-state index < -0.39 is 7.60 Å². The van der Waals surface area contributed by atoms with Gasteiger partial charge in [-0.25, -0.2) is 0 Å². The van der Waals surface area contributed by atoms with Crippen molar-refractivity contribution < 1.29 is 13.6 Å². The molecule has 0 spiro atoms. The molecule has 2 rings (SSSR count). The highest BCUT2D eigenvalue weighted by Crippen LogP contribution is 2.48. The van der Waals surface area contributed by atoms with E-state index in [-0.39, 0.29) is 0 Å². The molecule has 2 aromatic rings. The molecule has 0 atom stereocenters. The van der Waals surface area contributed by atoms with Crippen LogP contribution in [0.5, 0.6) is 0 Å². The van der Waals surface area contributed by atoms with Gasteiger partial charge in [0, 0.05) is 17.1 Å². The van der Waals surface area contributed by atoms with Crippen LogP contribution in [0.2, 0.25) is 0 Å². The maximum absolute atomic E-state index is 12.6. The Bertz CT molecular complexity index is 539. The van der Waals surface area contributed by atoms with Crippen molar-refractivity contribution in [3.8, 4) is 0 Å². The number of hydrogen-bond acceptors (Lipinski definition) is 3. The lowest BCUT2D eigenvalue weighted by Gasteiger charge is -2.16. The summed E-state index contributed by atoms with van der Waals surface area (Å²) in [5.41, 5.74) is 0.933. The molecule has 4 nitrogen and oxygen atoms in total. The molecular formula is C12H16NO3P. The van der Waals surface area contributed by atoms with E-state index >= 15 is 0 Å². The molecule has 0 radical (unpaired) electrons. The summed E-state index contributed by atoms with van der Waals surface area (Å²) in [5, 5.41) is 1.49. The minimum absolute atomic E-state index is 0.358. The van der Waals surface area contributed by atoms with Crippen molar-refractivity contribution in [3.63, 3.8) is 0 Å². The largest absolute Gasteiger partial charge is 0.363 e. The van der Waals surface area contributed by atoms with Crippen LogP contribution in [0.15, 0.2) is 30.5 Å². The molecule has 0 amide bonds. The van der Waals surface area contributed by atoms with Crippen LogP contribution < -0.4 is 5.30 Å². The second kappa shape index (κ2) is 5.05.